The van der Waals surface area contributed by atoms with Gasteiger partial charge in [-0.05, 0) is 41.3 Å². The number of nitrogens with one attached hydrogen (secondary N) is 1. The summed E-state index contributed by atoms with van der Waals surface area (Å²) >= 11 is 3.42. The van der Waals surface area contributed by atoms with E-state index in [2.05, 4.69) is 31.2 Å². The van der Waals surface area contributed by atoms with E-state index in [-0.39, 0.29) is 12.1 Å². The Kier molecular flexibility index (Phi) is 2.79. The lowest BCUT2D eigenvalue weighted by atomic mass is 9.77. The van der Waals surface area contributed by atoms with Gasteiger partial charge in [0, 0.05) is 13.2 Å². The molecule has 0 aliphatic heterocycles. The second-order valence-corrected chi connectivity index (χ2v) is 5.59. The zero-order chi connectivity index (χ0) is 12.8. The first kappa shape index (κ1) is 11.9. The van der Waals surface area contributed by atoms with E-state index in [1.165, 1.54) is 0 Å². The quantitative estimate of drug-likeness (QED) is 0.911. The van der Waals surface area contributed by atoms with Gasteiger partial charge in [-0.3, -0.25) is 0 Å². The highest BCUT2D eigenvalue weighted by atomic mass is 79.9. The van der Waals surface area contributed by atoms with Gasteiger partial charge in [-0.25, -0.2) is 9.97 Å². The third-order valence-corrected chi connectivity index (χ3v) is 4.45. The minimum atomic E-state index is -0.203. The first-order chi connectivity index (χ1) is 8.65. The molecule has 0 aromatic carbocycles. The summed E-state index contributed by atoms with van der Waals surface area (Å²) in [5, 5.41) is 12.9. The van der Waals surface area contributed by atoms with Gasteiger partial charge in [0.25, 0.3) is 0 Å². The molecule has 0 amide bonds. The molecule has 2 aromatic heterocycles. The smallest absolute Gasteiger partial charge is 0.178 e. The summed E-state index contributed by atoms with van der Waals surface area (Å²) in [6.45, 7) is 0.138. The first-order valence-electron chi connectivity index (χ1n) is 6.01. The van der Waals surface area contributed by atoms with Crippen LogP contribution in [0.3, 0.4) is 0 Å². The van der Waals surface area contributed by atoms with Crippen molar-refractivity contribution in [3.05, 3.63) is 17.0 Å². The van der Waals surface area contributed by atoms with E-state index < -0.39 is 0 Å². The minimum Gasteiger partial charge on any atom is -0.394 e. The van der Waals surface area contributed by atoms with E-state index in [4.69, 9.17) is 0 Å². The summed E-state index contributed by atoms with van der Waals surface area (Å²) in [7, 11) is 1.95. The lowest BCUT2D eigenvalue weighted by Crippen LogP contribution is -2.48. The summed E-state index contributed by atoms with van der Waals surface area (Å²) in [5.41, 5.74) is 1.66. The molecule has 1 aliphatic carbocycles. The number of nitrogens with zero attached hydrogens (tertiary/aromatic N) is 3. The third-order valence-electron chi connectivity index (χ3n) is 3.74. The standard InChI is InChI=1S/C12H15BrN4O/c1-17-8-3-6-14-10(9(8)15-11(17)13)16-12(7-18)4-2-5-12/h3,6,18H,2,4-5,7H2,1H3,(H,14,16). The Morgan fingerprint density at radius 3 is 2.94 bits per heavy atom. The van der Waals surface area contributed by atoms with Crippen molar-refractivity contribution in [3.8, 4) is 0 Å². The second-order valence-electron chi connectivity index (χ2n) is 4.88. The number of rotatable bonds is 3. The maximum absolute atomic E-state index is 9.50. The molecule has 2 aromatic rings. The predicted octanol–water partition coefficient (Wildman–Crippen LogP) is 2.06. The lowest BCUT2D eigenvalue weighted by Gasteiger charge is -2.41. The van der Waals surface area contributed by atoms with Gasteiger partial charge in [-0.2, -0.15) is 0 Å². The minimum absolute atomic E-state index is 0.138. The average molecular weight is 311 g/mol. The Balaban J connectivity index is 2.04. The third kappa shape index (κ3) is 1.71. The van der Waals surface area contributed by atoms with Crippen LogP contribution in [0.15, 0.2) is 17.0 Å². The van der Waals surface area contributed by atoms with Crippen molar-refractivity contribution in [1.82, 2.24) is 14.5 Å². The van der Waals surface area contributed by atoms with E-state index in [0.717, 1.165) is 40.8 Å². The van der Waals surface area contributed by atoms with Crippen LogP contribution in [-0.2, 0) is 7.05 Å². The van der Waals surface area contributed by atoms with Crippen LogP contribution in [0.2, 0.25) is 0 Å². The number of aliphatic hydroxyl groups is 1. The predicted molar refractivity (Wildman–Crippen MR) is 73.5 cm³/mol. The van der Waals surface area contributed by atoms with Gasteiger partial charge in [-0.1, -0.05) is 0 Å². The van der Waals surface area contributed by atoms with Gasteiger partial charge in [0.05, 0.1) is 17.7 Å². The highest BCUT2D eigenvalue weighted by Gasteiger charge is 2.37. The number of aromatic nitrogens is 3. The molecule has 1 aliphatic rings. The van der Waals surface area contributed by atoms with Crippen molar-refractivity contribution in [2.24, 2.45) is 7.05 Å². The molecule has 0 radical (unpaired) electrons. The number of aryl methyl sites for hydroxylation is 1. The number of aliphatic hydroxyl groups excluding tert-OH is 1. The highest BCUT2D eigenvalue weighted by Crippen LogP contribution is 2.36. The SMILES string of the molecule is Cn1c(Br)nc2c(NC3(CO)CCC3)nccc21. The Hall–Kier alpha value is -1.14. The van der Waals surface area contributed by atoms with Crippen LogP contribution in [0.5, 0.6) is 0 Å². The van der Waals surface area contributed by atoms with Crippen LogP contribution in [0.4, 0.5) is 5.82 Å². The molecule has 0 unspecified atom stereocenters. The molecule has 0 saturated heterocycles. The van der Waals surface area contributed by atoms with Crippen molar-refractivity contribution in [1.29, 1.82) is 0 Å². The van der Waals surface area contributed by atoms with Gasteiger partial charge in [0.2, 0.25) is 0 Å². The molecule has 1 fully saturated rings. The summed E-state index contributed by atoms with van der Waals surface area (Å²) in [5.74, 6) is 0.752. The Morgan fingerprint density at radius 1 is 1.56 bits per heavy atom. The number of hydrogen-bond acceptors (Lipinski definition) is 4. The summed E-state index contributed by atoms with van der Waals surface area (Å²) < 4.78 is 2.74. The fourth-order valence-electron chi connectivity index (χ4n) is 2.36. The molecule has 96 valence electrons. The molecule has 0 spiro atoms. The van der Waals surface area contributed by atoms with E-state index >= 15 is 0 Å². The fraction of sp³-hybridized carbons (Fsp3) is 0.500. The summed E-state index contributed by atoms with van der Waals surface area (Å²) in [6.07, 6.45) is 4.88. The van der Waals surface area contributed by atoms with Gasteiger partial charge in [-0.15, -0.1) is 0 Å². The van der Waals surface area contributed by atoms with Crippen LogP contribution in [0.1, 0.15) is 19.3 Å². The van der Waals surface area contributed by atoms with Crippen LogP contribution >= 0.6 is 15.9 Å². The van der Waals surface area contributed by atoms with Crippen molar-refractivity contribution in [3.63, 3.8) is 0 Å². The summed E-state index contributed by atoms with van der Waals surface area (Å²) in [6, 6.07) is 1.94. The largest absolute Gasteiger partial charge is 0.394 e. The van der Waals surface area contributed by atoms with E-state index in [9.17, 15) is 5.11 Å². The molecule has 0 atom stereocenters. The fourth-order valence-corrected chi connectivity index (χ4v) is 2.73. The molecule has 1 saturated carbocycles. The molecular weight excluding hydrogens is 296 g/mol. The molecule has 6 heteroatoms. The number of pyridine rings is 1. The number of halogens is 1. The van der Waals surface area contributed by atoms with Crippen molar-refractivity contribution >= 4 is 32.8 Å². The maximum Gasteiger partial charge on any atom is 0.178 e. The van der Waals surface area contributed by atoms with Crippen LogP contribution in [0.25, 0.3) is 11.0 Å². The Morgan fingerprint density at radius 2 is 2.33 bits per heavy atom. The molecule has 18 heavy (non-hydrogen) atoms. The molecule has 5 nitrogen and oxygen atoms in total. The molecule has 2 N–H and O–H groups in total. The monoisotopic (exact) mass is 310 g/mol. The highest BCUT2D eigenvalue weighted by molar-refractivity contribution is 9.10. The second kappa shape index (κ2) is 4.20. The Bertz CT molecular complexity index is 586. The number of anilines is 1. The Labute approximate surface area is 113 Å². The zero-order valence-electron chi connectivity index (χ0n) is 10.1. The van der Waals surface area contributed by atoms with Crippen LogP contribution in [0, 0.1) is 0 Å². The molecule has 2 heterocycles. The lowest BCUT2D eigenvalue weighted by molar-refractivity contribution is 0.144. The van der Waals surface area contributed by atoms with E-state index in [0.29, 0.717) is 0 Å². The topological polar surface area (TPSA) is 63.0 Å². The van der Waals surface area contributed by atoms with Crippen molar-refractivity contribution in [2.45, 2.75) is 24.8 Å². The van der Waals surface area contributed by atoms with Gasteiger partial charge >= 0.3 is 0 Å². The van der Waals surface area contributed by atoms with Gasteiger partial charge in [0.1, 0.15) is 5.52 Å². The van der Waals surface area contributed by atoms with Crippen LogP contribution < -0.4 is 5.32 Å². The average Bonchev–Trinajstić information content (AvgIpc) is 2.62. The van der Waals surface area contributed by atoms with Crippen LogP contribution in [-0.4, -0.2) is 31.8 Å². The van der Waals surface area contributed by atoms with E-state index in [1.807, 2.05) is 17.7 Å². The van der Waals surface area contributed by atoms with Crippen molar-refractivity contribution in [2.75, 3.05) is 11.9 Å². The van der Waals surface area contributed by atoms with E-state index in [1.54, 1.807) is 6.20 Å². The normalized spacial score (nSPS) is 17.7. The van der Waals surface area contributed by atoms with Crippen molar-refractivity contribution < 1.29 is 5.11 Å². The molecule has 3 rings (SSSR count). The maximum atomic E-state index is 9.50. The molecular formula is C12H15BrN4O. The summed E-state index contributed by atoms with van der Waals surface area (Å²) in [4.78, 5) is 8.82. The van der Waals surface area contributed by atoms with Gasteiger partial charge in [0.15, 0.2) is 10.6 Å². The zero-order valence-corrected chi connectivity index (χ0v) is 11.7. The molecule has 0 bridgehead atoms. The number of fused-ring (bicyclic) bond motifs is 1. The van der Waals surface area contributed by atoms with Gasteiger partial charge < -0.3 is 15.0 Å². The number of hydrogen-bond donors (Lipinski definition) is 2. The first-order valence-corrected chi connectivity index (χ1v) is 6.80. The number of imidazole rings is 1.